The molecule has 0 saturated carbocycles. The topological polar surface area (TPSA) is 57.6 Å². The molecule has 2 atom stereocenters. The molecule has 2 rings (SSSR count). The number of hydrogen-bond acceptors (Lipinski definition) is 4. The van der Waals surface area contributed by atoms with Gasteiger partial charge in [0.2, 0.25) is 0 Å². The van der Waals surface area contributed by atoms with Crippen molar-refractivity contribution in [1.29, 1.82) is 0 Å². The lowest BCUT2D eigenvalue weighted by Crippen LogP contribution is -2.40. The van der Waals surface area contributed by atoms with E-state index in [0.717, 1.165) is 5.56 Å². The minimum absolute atomic E-state index is 0.0260. The summed E-state index contributed by atoms with van der Waals surface area (Å²) in [6.45, 7) is 0.592. The van der Waals surface area contributed by atoms with Gasteiger partial charge in [0, 0.05) is 11.6 Å². The third-order valence-electron chi connectivity index (χ3n) is 3.20. The summed E-state index contributed by atoms with van der Waals surface area (Å²) < 4.78 is 22.9. The molecule has 1 fully saturated rings. The van der Waals surface area contributed by atoms with Gasteiger partial charge in [0.05, 0.1) is 23.7 Å². The lowest BCUT2D eigenvalue weighted by Gasteiger charge is -2.25. The van der Waals surface area contributed by atoms with Crippen molar-refractivity contribution in [2.45, 2.75) is 18.7 Å². The molecule has 0 spiro atoms. The highest BCUT2D eigenvalue weighted by Crippen LogP contribution is 2.19. The van der Waals surface area contributed by atoms with Crippen LogP contribution >= 0.6 is 11.6 Å². The zero-order valence-corrected chi connectivity index (χ0v) is 11.7. The Hall–Kier alpha value is -0.620. The molecule has 0 aliphatic carbocycles. The summed E-state index contributed by atoms with van der Waals surface area (Å²) in [6.07, 6.45) is -0.799. The SMILES string of the molecule is CN(Cc1ccc(Cl)cc1)C1CS(=O)(=O)CC1O. The maximum Gasteiger partial charge on any atom is 0.154 e. The van der Waals surface area contributed by atoms with Crippen LogP contribution in [0.5, 0.6) is 0 Å². The average molecular weight is 290 g/mol. The Morgan fingerprint density at radius 2 is 1.94 bits per heavy atom. The van der Waals surface area contributed by atoms with Crippen molar-refractivity contribution >= 4 is 21.4 Å². The van der Waals surface area contributed by atoms with Gasteiger partial charge in [-0.1, -0.05) is 23.7 Å². The van der Waals surface area contributed by atoms with E-state index in [-0.39, 0.29) is 17.5 Å². The molecule has 1 aromatic carbocycles. The molecule has 6 heteroatoms. The first-order valence-electron chi connectivity index (χ1n) is 5.70. The van der Waals surface area contributed by atoms with Gasteiger partial charge in [-0.2, -0.15) is 0 Å². The maximum absolute atomic E-state index is 11.4. The highest BCUT2D eigenvalue weighted by molar-refractivity contribution is 7.91. The molecule has 1 aliphatic heterocycles. The van der Waals surface area contributed by atoms with Gasteiger partial charge in [-0.05, 0) is 24.7 Å². The summed E-state index contributed by atoms with van der Waals surface area (Å²) in [6, 6.07) is 7.06. The fourth-order valence-corrected chi connectivity index (χ4v) is 4.23. The zero-order valence-electron chi connectivity index (χ0n) is 10.1. The molecule has 1 heterocycles. The van der Waals surface area contributed by atoms with Crippen LogP contribution in [0.25, 0.3) is 0 Å². The molecule has 0 amide bonds. The van der Waals surface area contributed by atoms with Crippen LogP contribution in [0.3, 0.4) is 0 Å². The van der Waals surface area contributed by atoms with Gasteiger partial charge in [-0.25, -0.2) is 8.42 Å². The summed E-state index contributed by atoms with van der Waals surface area (Å²) >= 11 is 5.80. The van der Waals surface area contributed by atoms with E-state index in [2.05, 4.69) is 0 Å². The van der Waals surface area contributed by atoms with Crippen LogP contribution in [-0.4, -0.2) is 49.1 Å². The van der Waals surface area contributed by atoms with Crippen LogP contribution in [0.4, 0.5) is 0 Å². The second kappa shape index (κ2) is 5.17. The van der Waals surface area contributed by atoms with Crippen LogP contribution in [0.1, 0.15) is 5.56 Å². The molecular formula is C12H16ClNO3S. The van der Waals surface area contributed by atoms with E-state index in [9.17, 15) is 13.5 Å². The molecule has 1 aromatic rings. The zero-order chi connectivity index (χ0) is 13.3. The van der Waals surface area contributed by atoms with Gasteiger partial charge >= 0.3 is 0 Å². The van der Waals surface area contributed by atoms with Gasteiger partial charge in [0.25, 0.3) is 0 Å². The number of nitrogens with zero attached hydrogens (tertiary/aromatic N) is 1. The number of halogens is 1. The molecule has 4 nitrogen and oxygen atoms in total. The minimum Gasteiger partial charge on any atom is -0.390 e. The van der Waals surface area contributed by atoms with Gasteiger partial charge in [-0.15, -0.1) is 0 Å². The van der Waals surface area contributed by atoms with Crippen molar-refractivity contribution in [1.82, 2.24) is 4.90 Å². The molecule has 18 heavy (non-hydrogen) atoms. The van der Waals surface area contributed by atoms with E-state index in [1.807, 2.05) is 24.1 Å². The first kappa shape index (κ1) is 13.8. The quantitative estimate of drug-likeness (QED) is 0.899. The first-order valence-corrected chi connectivity index (χ1v) is 7.90. The lowest BCUT2D eigenvalue weighted by molar-refractivity contribution is 0.0958. The number of aliphatic hydroxyl groups excluding tert-OH is 1. The highest BCUT2D eigenvalue weighted by atomic mass is 35.5. The second-order valence-electron chi connectivity index (χ2n) is 4.75. The number of rotatable bonds is 3. The Balaban J connectivity index is 2.04. The standard InChI is InChI=1S/C12H16ClNO3S/c1-14(6-9-2-4-10(13)5-3-9)11-7-18(16,17)8-12(11)15/h2-5,11-12,15H,6-8H2,1H3. The van der Waals surface area contributed by atoms with Crippen molar-refractivity contribution in [2.24, 2.45) is 0 Å². The molecular weight excluding hydrogens is 274 g/mol. The molecule has 0 radical (unpaired) electrons. The van der Waals surface area contributed by atoms with Crippen molar-refractivity contribution in [3.8, 4) is 0 Å². The fraction of sp³-hybridized carbons (Fsp3) is 0.500. The van der Waals surface area contributed by atoms with E-state index in [1.165, 1.54) is 0 Å². The molecule has 1 N–H and O–H groups in total. The number of likely N-dealkylation sites (N-methyl/N-ethyl adjacent to an activating group) is 1. The van der Waals surface area contributed by atoms with Crippen molar-refractivity contribution in [3.05, 3.63) is 34.9 Å². The van der Waals surface area contributed by atoms with E-state index < -0.39 is 15.9 Å². The number of aliphatic hydroxyl groups is 1. The number of sulfone groups is 1. The number of benzene rings is 1. The van der Waals surface area contributed by atoms with E-state index in [0.29, 0.717) is 11.6 Å². The Labute approximate surface area is 112 Å². The average Bonchev–Trinajstić information content (AvgIpc) is 2.55. The van der Waals surface area contributed by atoms with Gasteiger partial charge in [-0.3, -0.25) is 4.90 Å². The van der Waals surface area contributed by atoms with Gasteiger partial charge in [0.15, 0.2) is 9.84 Å². The fourth-order valence-electron chi connectivity index (χ4n) is 2.23. The van der Waals surface area contributed by atoms with E-state index in [1.54, 1.807) is 12.1 Å². The number of hydrogen-bond donors (Lipinski definition) is 1. The van der Waals surface area contributed by atoms with Crippen molar-refractivity contribution < 1.29 is 13.5 Å². The molecule has 2 unspecified atom stereocenters. The second-order valence-corrected chi connectivity index (χ2v) is 7.34. The monoisotopic (exact) mass is 289 g/mol. The largest absolute Gasteiger partial charge is 0.390 e. The predicted molar refractivity (Wildman–Crippen MR) is 71.4 cm³/mol. The van der Waals surface area contributed by atoms with Crippen LogP contribution in [0, 0.1) is 0 Å². The Morgan fingerprint density at radius 3 is 2.44 bits per heavy atom. The van der Waals surface area contributed by atoms with Gasteiger partial charge < -0.3 is 5.11 Å². The summed E-state index contributed by atoms with van der Waals surface area (Å²) in [5.41, 5.74) is 1.04. The third kappa shape index (κ3) is 3.23. The summed E-state index contributed by atoms with van der Waals surface area (Å²) in [4.78, 5) is 1.87. The predicted octanol–water partition coefficient (Wildman–Crippen LogP) is 0.930. The van der Waals surface area contributed by atoms with Crippen LogP contribution in [-0.2, 0) is 16.4 Å². The Kier molecular flexibility index (Phi) is 3.96. The minimum atomic E-state index is -3.10. The molecule has 100 valence electrons. The van der Waals surface area contributed by atoms with Crippen LogP contribution in [0.2, 0.25) is 5.02 Å². The normalized spacial score (nSPS) is 26.7. The summed E-state index contributed by atoms with van der Waals surface area (Å²) in [7, 11) is -1.28. The molecule has 0 aromatic heterocycles. The van der Waals surface area contributed by atoms with Crippen LogP contribution in [0.15, 0.2) is 24.3 Å². The van der Waals surface area contributed by atoms with Gasteiger partial charge in [0.1, 0.15) is 0 Å². The molecule has 1 aliphatic rings. The lowest BCUT2D eigenvalue weighted by atomic mass is 10.1. The van der Waals surface area contributed by atoms with E-state index >= 15 is 0 Å². The summed E-state index contributed by atoms with van der Waals surface area (Å²) in [5.74, 6) is -0.110. The first-order chi connectivity index (χ1) is 8.37. The maximum atomic E-state index is 11.4. The Morgan fingerprint density at radius 1 is 1.33 bits per heavy atom. The highest BCUT2D eigenvalue weighted by Gasteiger charge is 2.38. The van der Waals surface area contributed by atoms with E-state index in [4.69, 9.17) is 11.6 Å². The van der Waals surface area contributed by atoms with Crippen molar-refractivity contribution in [3.63, 3.8) is 0 Å². The van der Waals surface area contributed by atoms with Crippen LogP contribution < -0.4 is 0 Å². The molecule has 1 saturated heterocycles. The van der Waals surface area contributed by atoms with Crippen molar-refractivity contribution in [2.75, 3.05) is 18.6 Å². The molecule has 0 bridgehead atoms. The Bertz CT molecular complexity index is 515. The third-order valence-corrected chi connectivity index (χ3v) is 5.16. The summed E-state index contributed by atoms with van der Waals surface area (Å²) in [5, 5.41) is 10.4. The smallest absolute Gasteiger partial charge is 0.154 e.